The highest BCUT2D eigenvalue weighted by molar-refractivity contribution is 5.92. The highest BCUT2D eigenvalue weighted by atomic mass is 16.3. The fourth-order valence-corrected chi connectivity index (χ4v) is 0.551. The first-order chi connectivity index (χ1) is 5.22. The molecule has 2 N–H and O–H groups in total. The molecule has 0 bridgehead atoms. The van der Waals surface area contributed by atoms with Crippen LogP contribution in [-0.4, -0.2) is 24.2 Å². The minimum Gasteiger partial charge on any atom is -0.396 e. The first-order valence-electron chi connectivity index (χ1n) is 3.74. The Labute approximate surface area is 67.1 Å². The van der Waals surface area contributed by atoms with Crippen molar-refractivity contribution >= 4 is 5.91 Å². The van der Waals surface area contributed by atoms with E-state index in [4.69, 9.17) is 5.11 Å². The van der Waals surface area contributed by atoms with Crippen molar-refractivity contribution in [1.82, 2.24) is 5.32 Å². The van der Waals surface area contributed by atoms with Crippen LogP contribution >= 0.6 is 0 Å². The molecule has 0 spiro atoms. The zero-order valence-corrected chi connectivity index (χ0v) is 7.05. The van der Waals surface area contributed by atoms with Crippen LogP contribution in [0.4, 0.5) is 0 Å². The van der Waals surface area contributed by atoms with Crippen LogP contribution in [0.15, 0.2) is 11.6 Å². The maximum absolute atomic E-state index is 11.0. The molecule has 3 nitrogen and oxygen atoms in total. The van der Waals surface area contributed by atoms with Crippen molar-refractivity contribution in [2.75, 3.05) is 13.2 Å². The van der Waals surface area contributed by atoms with E-state index >= 15 is 0 Å². The van der Waals surface area contributed by atoms with Crippen LogP contribution in [0.5, 0.6) is 0 Å². The predicted molar refractivity (Wildman–Crippen MR) is 44.1 cm³/mol. The molecule has 0 aromatic carbocycles. The lowest BCUT2D eigenvalue weighted by molar-refractivity contribution is -0.117. The van der Waals surface area contributed by atoms with Gasteiger partial charge in [-0.1, -0.05) is 6.08 Å². The molecule has 0 aliphatic heterocycles. The first-order valence-corrected chi connectivity index (χ1v) is 3.74. The third kappa shape index (κ3) is 4.56. The van der Waals surface area contributed by atoms with Gasteiger partial charge in [-0.25, -0.2) is 0 Å². The van der Waals surface area contributed by atoms with Crippen molar-refractivity contribution in [3.8, 4) is 0 Å². The second kappa shape index (κ2) is 5.92. The number of allylic oxidation sites excluding steroid dienone is 1. The number of hydrogen-bond acceptors (Lipinski definition) is 2. The standard InChI is InChI=1S/C8H15NO2/c1-3-7(2)8(11)9-5-4-6-10/h3,10H,4-6H2,1-2H3,(H,9,11). The molecular weight excluding hydrogens is 142 g/mol. The number of nitrogens with one attached hydrogen (secondary N) is 1. The molecule has 0 aliphatic rings. The van der Waals surface area contributed by atoms with Gasteiger partial charge in [0.15, 0.2) is 0 Å². The van der Waals surface area contributed by atoms with Crippen LogP contribution in [-0.2, 0) is 4.79 Å². The molecule has 0 atom stereocenters. The van der Waals surface area contributed by atoms with Crippen LogP contribution < -0.4 is 5.32 Å². The second-order valence-electron chi connectivity index (χ2n) is 2.30. The number of carbonyl (C=O) groups excluding carboxylic acids is 1. The molecule has 0 unspecified atom stereocenters. The van der Waals surface area contributed by atoms with Gasteiger partial charge < -0.3 is 10.4 Å². The topological polar surface area (TPSA) is 49.3 Å². The predicted octanol–water partition coefficient (Wildman–Crippen LogP) is 0.451. The Morgan fingerprint density at radius 3 is 2.73 bits per heavy atom. The molecule has 0 saturated carbocycles. The lowest BCUT2D eigenvalue weighted by atomic mass is 10.3. The van der Waals surface area contributed by atoms with E-state index in [1.54, 1.807) is 13.0 Å². The zero-order valence-electron chi connectivity index (χ0n) is 7.05. The number of rotatable bonds is 4. The summed E-state index contributed by atoms with van der Waals surface area (Å²) in [6.45, 7) is 4.24. The SMILES string of the molecule is CC=C(C)C(=O)NCCCO. The smallest absolute Gasteiger partial charge is 0.246 e. The van der Waals surface area contributed by atoms with Crippen molar-refractivity contribution in [3.05, 3.63) is 11.6 Å². The van der Waals surface area contributed by atoms with E-state index in [9.17, 15) is 4.79 Å². The fraction of sp³-hybridized carbons (Fsp3) is 0.625. The Bertz CT molecular complexity index is 152. The molecule has 0 heterocycles. The van der Waals surface area contributed by atoms with E-state index in [1.807, 2.05) is 6.92 Å². The van der Waals surface area contributed by atoms with Crippen LogP contribution in [0.1, 0.15) is 20.3 Å². The summed E-state index contributed by atoms with van der Waals surface area (Å²) in [7, 11) is 0. The Kier molecular flexibility index (Phi) is 5.47. The largest absolute Gasteiger partial charge is 0.396 e. The second-order valence-corrected chi connectivity index (χ2v) is 2.30. The highest BCUT2D eigenvalue weighted by Crippen LogP contribution is 1.90. The molecule has 0 radical (unpaired) electrons. The van der Waals surface area contributed by atoms with Crippen molar-refractivity contribution in [2.24, 2.45) is 0 Å². The Morgan fingerprint density at radius 2 is 2.27 bits per heavy atom. The molecule has 0 rings (SSSR count). The molecule has 64 valence electrons. The number of hydrogen-bond donors (Lipinski definition) is 2. The number of aliphatic hydroxyl groups excluding tert-OH is 1. The number of amides is 1. The van der Waals surface area contributed by atoms with Gasteiger partial charge in [0.1, 0.15) is 0 Å². The van der Waals surface area contributed by atoms with Crippen LogP contribution in [0.25, 0.3) is 0 Å². The van der Waals surface area contributed by atoms with Gasteiger partial charge >= 0.3 is 0 Å². The van der Waals surface area contributed by atoms with Crippen molar-refractivity contribution < 1.29 is 9.90 Å². The maximum atomic E-state index is 11.0. The van der Waals surface area contributed by atoms with Crippen LogP contribution in [0.3, 0.4) is 0 Å². The fourth-order valence-electron chi connectivity index (χ4n) is 0.551. The zero-order chi connectivity index (χ0) is 8.69. The summed E-state index contributed by atoms with van der Waals surface area (Å²) < 4.78 is 0. The molecule has 11 heavy (non-hydrogen) atoms. The van der Waals surface area contributed by atoms with Gasteiger partial charge in [-0.2, -0.15) is 0 Å². The lowest BCUT2D eigenvalue weighted by Gasteiger charge is -2.02. The van der Waals surface area contributed by atoms with E-state index in [2.05, 4.69) is 5.32 Å². The molecule has 1 amide bonds. The monoisotopic (exact) mass is 157 g/mol. The van der Waals surface area contributed by atoms with Crippen molar-refractivity contribution in [1.29, 1.82) is 0 Å². The summed E-state index contributed by atoms with van der Waals surface area (Å²) in [6, 6.07) is 0. The summed E-state index contributed by atoms with van der Waals surface area (Å²) in [6.07, 6.45) is 2.37. The Hall–Kier alpha value is -0.830. The van der Waals surface area contributed by atoms with Gasteiger partial charge in [-0.05, 0) is 20.3 Å². The Balaban J connectivity index is 3.53. The van der Waals surface area contributed by atoms with E-state index in [0.717, 1.165) is 0 Å². The quantitative estimate of drug-likeness (QED) is 0.460. The summed E-state index contributed by atoms with van der Waals surface area (Å²) >= 11 is 0. The first kappa shape index (κ1) is 10.2. The molecule has 0 fully saturated rings. The van der Waals surface area contributed by atoms with Gasteiger partial charge in [0.2, 0.25) is 5.91 Å². The number of aliphatic hydroxyl groups is 1. The molecule has 3 heteroatoms. The average Bonchev–Trinajstić information content (AvgIpc) is 2.03. The lowest BCUT2D eigenvalue weighted by Crippen LogP contribution is -2.25. The maximum Gasteiger partial charge on any atom is 0.246 e. The van der Waals surface area contributed by atoms with E-state index in [-0.39, 0.29) is 12.5 Å². The van der Waals surface area contributed by atoms with Gasteiger partial charge in [0.05, 0.1) is 0 Å². The third-order valence-corrected chi connectivity index (χ3v) is 1.41. The minimum atomic E-state index is -0.0547. The van der Waals surface area contributed by atoms with Gasteiger partial charge in [0.25, 0.3) is 0 Å². The molecule has 0 aromatic rings. The van der Waals surface area contributed by atoms with Gasteiger partial charge in [-0.15, -0.1) is 0 Å². The Morgan fingerprint density at radius 1 is 1.64 bits per heavy atom. The summed E-state index contributed by atoms with van der Waals surface area (Å²) in [5, 5.41) is 11.1. The number of carbonyl (C=O) groups is 1. The average molecular weight is 157 g/mol. The highest BCUT2D eigenvalue weighted by Gasteiger charge is 1.99. The van der Waals surface area contributed by atoms with Gasteiger partial charge in [0, 0.05) is 18.7 Å². The molecule has 0 aromatic heterocycles. The summed E-state index contributed by atoms with van der Waals surface area (Å²) in [5.74, 6) is -0.0547. The summed E-state index contributed by atoms with van der Waals surface area (Å²) in [5.41, 5.74) is 0.711. The molecular formula is C8H15NO2. The molecule has 0 aliphatic carbocycles. The van der Waals surface area contributed by atoms with E-state index in [1.165, 1.54) is 0 Å². The minimum absolute atomic E-state index is 0.0547. The van der Waals surface area contributed by atoms with Crippen LogP contribution in [0.2, 0.25) is 0 Å². The molecule has 0 saturated heterocycles. The van der Waals surface area contributed by atoms with E-state index < -0.39 is 0 Å². The van der Waals surface area contributed by atoms with Crippen molar-refractivity contribution in [2.45, 2.75) is 20.3 Å². The van der Waals surface area contributed by atoms with Crippen LogP contribution in [0, 0.1) is 0 Å². The summed E-state index contributed by atoms with van der Waals surface area (Å²) in [4.78, 5) is 11.0. The van der Waals surface area contributed by atoms with Gasteiger partial charge in [-0.3, -0.25) is 4.79 Å². The third-order valence-electron chi connectivity index (χ3n) is 1.41. The normalized spacial score (nSPS) is 11.4. The van der Waals surface area contributed by atoms with Crippen molar-refractivity contribution in [3.63, 3.8) is 0 Å². The van der Waals surface area contributed by atoms with E-state index in [0.29, 0.717) is 18.5 Å².